The number of hydrogen-bond donors (Lipinski definition) is 1. The number of urea groups is 1. The predicted octanol–water partition coefficient (Wildman–Crippen LogP) is 3.35. The van der Waals surface area contributed by atoms with E-state index >= 15 is 0 Å². The number of benzene rings is 1. The topological polar surface area (TPSA) is 35.6 Å². The molecular weight excluding hydrogens is 301 g/mol. The molecule has 1 aromatic rings. The standard InChI is InChI=1S/C16H24FN3OS/c1-19-8-4-5-12(10-19)11-20(2)16(21)18-13-6-7-15(22-3)14(17)9-13/h6-7,9,12H,4-5,8,10-11H2,1-3H3,(H,18,21). The molecule has 2 amide bonds. The molecular formula is C16H24FN3OS. The van der Waals surface area contributed by atoms with Gasteiger partial charge in [-0.15, -0.1) is 11.8 Å². The monoisotopic (exact) mass is 325 g/mol. The molecule has 0 saturated carbocycles. The van der Waals surface area contributed by atoms with Crippen molar-refractivity contribution >= 4 is 23.5 Å². The number of amides is 2. The molecule has 1 unspecified atom stereocenters. The van der Waals surface area contributed by atoms with Crippen molar-refractivity contribution in [1.82, 2.24) is 9.80 Å². The largest absolute Gasteiger partial charge is 0.327 e. The highest BCUT2D eigenvalue weighted by Gasteiger charge is 2.20. The second kappa shape index (κ2) is 7.83. The zero-order valence-electron chi connectivity index (χ0n) is 13.4. The number of anilines is 1. The number of piperidine rings is 1. The summed E-state index contributed by atoms with van der Waals surface area (Å²) in [6.07, 6.45) is 4.16. The van der Waals surface area contributed by atoms with Gasteiger partial charge in [0.05, 0.1) is 0 Å². The van der Waals surface area contributed by atoms with E-state index in [1.54, 1.807) is 24.1 Å². The number of carbonyl (C=O) groups is 1. The predicted molar refractivity (Wildman–Crippen MR) is 90.1 cm³/mol. The molecule has 1 aliphatic rings. The van der Waals surface area contributed by atoms with Crippen LogP contribution < -0.4 is 5.32 Å². The first-order valence-electron chi connectivity index (χ1n) is 7.53. The number of likely N-dealkylation sites (tertiary alicyclic amines) is 1. The van der Waals surface area contributed by atoms with E-state index in [9.17, 15) is 9.18 Å². The molecule has 1 heterocycles. The minimum absolute atomic E-state index is 0.190. The lowest BCUT2D eigenvalue weighted by Gasteiger charge is -2.32. The van der Waals surface area contributed by atoms with E-state index in [1.807, 2.05) is 6.26 Å². The normalized spacial score (nSPS) is 19.0. The van der Waals surface area contributed by atoms with Gasteiger partial charge in [0.15, 0.2) is 0 Å². The van der Waals surface area contributed by atoms with Gasteiger partial charge in [0.1, 0.15) is 5.82 Å². The molecule has 0 aliphatic carbocycles. The fraction of sp³-hybridized carbons (Fsp3) is 0.562. The Bertz CT molecular complexity index is 526. The second-order valence-electron chi connectivity index (χ2n) is 5.93. The lowest BCUT2D eigenvalue weighted by atomic mass is 9.98. The molecule has 1 saturated heterocycles. The van der Waals surface area contributed by atoms with E-state index < -0.39 is 0 Å². The van der Waals surface area contributed by atoms with Crippen molar-refractivity contribution in [2.75, 3.05) is 45.3 Å². The van der Waals surface area contributed by atoms with Crippen LogP contribution >= 0.6 is 11.8 Å². The van der Waals surface area contributed by atoms with Gasteiger partial charge in [0.2, 0.25) is 0 Å². The zero-order valence-corrected chi connectivity index (χ0v) is 14.3. The highest BCUT2D eigenvalue weighted by Crippen LogP contribution is 2.22. The summed E-state index contributed by atoms with van der Waals surface area (Å²) in [7, 11) is 3.90. The van der Waals surface area contributed by atoms with Gasteiger partial charge < -0.3 is 15.1 Å². The molecule has 1 fully saturated rings. The smallest absolute Gasteiger partial charge is 0.321 e. The highest BCUT2D eigenvalue weighted by molar-refractivity contribution is 7.98. The summed E-state index contributed by atoms with van der Waals surface area (Å²) in [5, 5.41) is 2.76. The third-order valence-corrected chi connectivity index (χ3v) is 4.77. The first kappa shape index (κ1) is 17.1. The number of rotatable bonds is 4. The summed E-state index contributed by atoms with van der Waals surface area (Å²) in [6.45, 7) is 2.88. The van der Waals surface area contributed by atoms with Crippen LogP contribution in [0.3, 0.4) is 0 Å². The van der Waals surface area contributed by atoms with Crippen LogP contribution in [0.1, 0.15) is 12.8 Å². The molecule has 2 rings (SSSR count). The summed E-state index contributed by atoms with van der Waals surface area (Å²) in [5.74, 6) is 0.201. The molecule has 1 aromatic carbocycles. The second-order valence-corrected chi connectivity index (χ2v) is 6.78. The van der Waals surface area contributed by atoms with Gasteiger partial charge in [0.25, 0.3) is 0 Å². The van der Waals surface area contributed by atoms with Crippen LogP contribution in [0.25, 0.3) is 0 Å². The average molecular weight is 325 g/mol. The number of carbonyl (C=O) groups excluding carboxylic acids is 1. The minimum Gasteiger partial charge on any atom is -0.327 e. The summed E-state index contributed by atoms with van der Waals surface area (Å²) < 4.78 is 13.7. The quantitative estimate of drug-likeness (QED) is 0.862. The Hall–Kier alpha value is -1.27. The van der Waals surface area contributed by atoms with Crippen molar-refractivity contribution in [3.63, 3.8) is 0 Å². The third kappa shape index (κ3) is 4.61. The Kier molecular flexibility index (Phi) is 6.08. The lowest BCUT2D eigenvalue weighted by Crippen LogP contribution is -2.41. The molecule has 0 spiro atoms. The first-order chi connectivity index (χ1) is 10.5. The van der Waals surface area contributed by atoms with Crippen LogP contribution in [-0.2, 0) is 0 Å². The van der Waals surface area contributed by atoms with Gasteiger partial charge in [-0.05, 0) is 56.8 Å². The Balaban J connectivity index is 1.89. The van der Waals surface area contributed by atoms with Gasteiger partial charge in [-0.3, -0.25) is 0 Å². The number of nitrogens with one attached hydrogen (secondary N) is 1. The van der Waals surface area contributed by atoms with Crippen molar-refractivity contribution in [2.45, 2.75) is 17.7 Å². The molecule has 4 nitrogen and oxygen atoms in total. The minimum atomic E-state index is -0.304. The summed E-state index contributed by atoms with van der Waals surface area (Å²) in [5.41, 5.74) is 0.493. The fourth-order valence-electron chi connectivity index (χ4n) is 2.86. The summed E-state index contributed by atoms with van der Waals surface area (Å²) in [4.78, 5) is 16.8. The summed E-state index contributed by atoms with van der Waals surface area (Å²) in [6, 6.07) is 4.59. The molecule has 122 valence electrons. The average Bonchev–Trinajstić information content (AvgIpc) is 2.47. The van der Waals surface area contributed by atoms with Crippen LogP contribution in [0.4, 0.5) is 14.9 Å². The maximum atomic E-state index is 13.7. The van der Waals surface area contributed by atoms with E-state index in [-0.39, 0.29) is 11.8 Å². The van der Waals surface area contributed by atoms with Crippen LogP contribution in [0.2, 0.25) is 0 Å². The van der Waals surface area contributed by atoms with Crippen LogP contribution in [0.5, 0.6) is 0 Å². The van der Waals surface area contributed by atoms with Crippen molar-refractivity contribution in [1.29, 1.82) is 0 Å². The maximum absolute atomic E-state index is 13.7. The maximum Gasteiger partial charge on any atom is 0.321 e. The summed E-state index contributed by atoms with van der Waals surface area (Å²) >= 11 is 1.35. The fourth-order valence-corrected chi connectivity index (χ4v) is 3.31. The van der Waals surface area contributed by atoms with Gasteiger partial charge in [-0.25, -0.2) is 9.18 Å². The van der Waals surface area contributed by atoms with E-state index in [1.165, 1.54) is 24.2 Å². The number of halogens is 1. The number of thioether (sulfide) groups is 1. The van der Waals surface area contributed by atoms with Crippen LogP contribution in [0.15, 0.2) is 23.1 Å². The molecule has 6 heteroatoms. The molecule has 0 bridgehead atoms. The highest BCUT2D eigenvalue weighted by atomic mass is 32.2. The van der Waals surface area contributed by atoms with Crippen molar-refractivity contribution in [3.05, 3.63) is 24.0 Å². The molecule has 22 heavy (non-hydrogen) atoms. The Morgan fingerprint density at radius 2 is 2.32 bits per heavy atom. The van der Waals surface area contributed by atoms with Crippen LogP contribution in [0, 0.1) is 11.7 Å². The number of nitrogens with zero attached hydrogens (tertiary/aromatic N) is 2. The third-order valence-electron chi connectivity index (χ3n) is 4.00. The van der Waals surface area contributed by atoms with Gasteiger partial charge in [-0.2, -0.15) is 0 Å². The van der Waals surface area contributed by atoms with E-state index in [0.717, 1.165) is 26.1 Å². The molecule has 0 radical (unpaired) electrons. The van der Waals surface area contributed by atoms with E-state index in [0.29, 0.717) is 16.5 Å². The van der Waals surface area contributed by atoms with Gasteiger partial charge in [0, 0.05) is 30.7 Å². The van der Waals surface area contributed by atoms with Crippen molar-refractivity contribution in [2.24, 2.45) is 5.92 Å². The zero-order chi connectivity index (χ0) is 16.1. The molecule has 0 aromatic heterocycles. The van der Waals surface area contributed by atoms with E-state index in [4.69, 9.17) is 0 Å². The van der Waals surface area contributed by atoms with Gasteiger partial charge >= 0.3 is 6.03 Å². The Labute approximate surface area is 136 Å². The van der Waals surface area contributed by atoms with Crippen molar-refractivity contribution in [3.8, 4) is 0 Å². The van der Waals surface area contributed by atoms with Gasteiger partial charge in [-0.1, -0.05) is 0 Å². The Morgan fingerprint density at radius 1 is 1.55 bits per heavy atom. The lowest BCUT2D eigenvalue weighted by molar-refractivity contribution is 0.170. The SMILES string of the molecule is CSc1ccc(NC(=O)N(C)CC2CCCN(C)C2)cc1F. The first-order valence-corrected chi connectivity index (χ1v) is 8.76. The van der Waals surface area contributed by atoms with E-state index in [2.05, 4.69) is 17.3 Å². The van der Waals surface area contributed by atoms with Crippen LogP contribution in [-0.4, -0.2) is 55.8 Å². The Morgan fingerprint density at radius 3 is 2.95 bits per heavy atom. The molecule has 1 atom stereocenters. The number of hydrogen-bond acceptors (Lipinski definition) is 3. The molecule has 1 N–H and O–H groups in total. The molecule has 1 aliphatic heterocycles. The van der Waals surface area contributed by atoms with Crippen molar-refractivity contribution < 1.29 is 9.18 Å².